The van der Waals surface area contributed by atoms with Crippen LogP contribution in [0.25, 0.3) is 17.0 Å². The first-order valence-corrected chi connectivity index (χ1v) is 5.80. The van der Waals surface area contributed by atoms with Crippen LogP contribution < -0.4 is 5.32 Å². The van der Waals surface area contributed by atoms with Crippen LogP contribution in [-0.2, 0) is 0 Å². The highest BCUT2D eigenvalue weighted by Gasteiger charge is 2.12. The van der Waals surface area contributed by atoms with Gasteiger partial charge in [0.2, 0.25) is 5.82 Å². The molecule has 0 saturated heterocycles. The Labute approximate surface area is 109 Å². The molecule has 5 nitrogen and oxygen atoms in total. The zero-order chi connectivity index (χ0) is 13.1. The molecular formula is C14H10N4O. The van der Waals surface area contributed by atoms with Gasteiger partial charge in [0.1, 0.15) is 0 Å². The van der Waals surface area contributed by atoms with Crippen molar-refractivity contribution in [1.82, 2.24) is 15.5 Å². The summed E-state index contributed by atoms with van der Waals surface area (Å²) in [6.45, 7) is 0.683. The summed E-state index contributed by atoms with van der Waals surface area (Å²) in [5.74, 6) is 1.03. The molecule has 19 heavy (non-hydrogen) atoms. The second-order valence-electron chi connectivity index (χ2n) is 4.04. The predicted molar refractivity (Wildman–Crippen MR) is 69.6 cm³/mol. The molecule has 0 atom stereocenters. The fourth-order valence-electron chi connectivity index (χ4n) is 1.77. The number of hydrogen-bond donors (Lipinski definition) is 1. The number of nitrogens with one attached hydrogen (secondary N) is 1. The zero-order valence-electron chi connectivity index (χ0n) is 10.00. The Bertz CT molecular complexity index is 689. The average Bonchev–Trinajstić information content (AvgIpc) is 2.98. The number of nitrogens with zero attached hydrogens (tertiary/aromatic N) is 3. The highest BCUT2D eigenvalue weighted by Crippen LogP contribution is 2.20. The van der Waals surface area contributed by atoms with E-state index in [1.807, 2.05) is 18.4 Å². The highest BCUT2D eigenvalue weighted by atomic mass is 16.5. The summed E-state index contributed by atoms with van der Waals surface area (Å²) in [5.41, 5.74) is 2.39. The summed E-state index contributed by atoms with van der Waals surface area (Å²) in [6.07, 6.45) is 5.71. The lowest BCUT2D eigenvalue weighted by atomic mass is 10.1. The van der Waals surface area contributed by atoms with Crippen molar-refractivity contribution < 1.29 is 4.52 Å². The van der Waals surface area contributed by atoms with Crippen LogP contribution in [-0.4, -0.2) is 16.7 Å². The van der Waals surface area contributed by atoms with Crippen LogP contribution in [0, 0.1) is 11.3 Å². The molecule has 0 unspecified atom stereocenters. The van der Waals surface area contributed by atoms with Gasteiger partial charge < -0.3 is 9.84 Å². The van der Waals surface area contributed by atoms with Gasteiger partial charge in [-0.05, 0) is 36.5 Å². The maximum absolute atomic E-state index is 8.75. The largest absolute Gasteiger partial charge is 0.387 e. The van der Waals surface area contributed by atoms with Crippen LogP contribution in [0.15, 0.2) is 47.1 Å². The highest BCUT2D eigenvalue weighted by molar-refractivity contribution is 5.66. The molecule has 0 spiro atoms. The average molecular weight is 250 g/mol. The van der Waals surface area contributed by atoms with Gasteiger partial charge in [0, 0.05) is 17.7 Å². The normalized spacial score (nSPS) is 13.5. The Hall–Kier alpha value is -2.87. The molecule has 0 amide bonds. The second kappa shape index (κ2) is 4.78. The number of allylic oxidation sites excluding steroid dienone is 2. The van der Waals surface area contributed by atoms with Crippen molar-refractivity contribution in [1.29, 1.82) is 5.26 Å². The molecule has 0 saturated carbocycles. The van der Waals surface area contributed by atoms with Crippen LogP contribution in [0.2, 0.25) is 0 Å². The maximum Gasteiger partial charge on any atom is 0.258 e. The summed E-state index contributed by atoms with van der Waals surface area (Å²) in [6, 6.07) is 9.11. The van der Waals surface area contributed by atoms with Gasteiger partial charge in [-0.25, -0.2) is 0 Å². The first-order chi connectivity index (χ1) is 9.36. The second-order valence-corrected chi connectivity index (χ2v) is 4.04. The zero-order valence-corrected chi connectivity index (χ0v) is 10.00. The molecule has 1 aromatic carbocycles. The first kappa shape index (κ1) is 11.2. The number of rotatable bonds is 2. The molecule has 1 aromatic heterocycles. The molecule has 5 heteroatoms. The SMILES string of the molecule is N#Cc1ccc(-c2nc(C3=CC=CNC3)no2)cc1. The number of benzene rings is 1. The van der Waals surface area contributed by atoms with Gasteiger partial charge >= 0.3 is 0 Å². The molecule has 1 aliphatic rings. The van der Waals surface area contributed by atoms with Gasteiger partial charge in [0.25, 0.3) is 5.89 Å². The van der Waals surface area contributed by atoms with Gasteiger partial charge in [-0.1, -0.05) is 11.2 Å². The van der Waals surface area contributed by atoms with Gasteiger partial charge in [-0.15, -0.1) is 0 Å². The van der Waals surface area contributed by atoms with Crippen LogP contribution >= 0.6 is 0 Å². The van der Waals surface area contributed by atoms with E-state index in [9.17, 15) is 0 Å². The molecule has 0 radical (unpaired) electrons. The van der Waals surface area contributed by atoms with Crippen LogP contribution in [0.4, 0.5) is 0 Å². The standard InChI is InChI=1S/C14H10N4O/c15-8-10-3-5-11(6-4-10)14-17-13(18-19-14)12-2-1-7-16-9-12/h1-7,16H,9H2. The Morgan fingerprint density at radius 1 is 1.26 bits per heavy atom. The molecule has 1 aliphatic heterocycles. The minimum atomic E-state index is 0.454. The van der Waals surface area contributed by atoms with Crippen LogP contribution in [0.3, 0.4) is 0 Å². The fourth-order valence-corrected chi connectivity index (χ4v) is 1.77. The summed E-state index contributed by atoms with van der Waals surface area (Å²) in [4.78, 5) is 4.36. The lowest BCUT2D eigenvalue weighted by Crippen LogP contribution is -2.12. The van der Waals surface area contributed by atoms with Crippen molar-refractivity contribution in [3.63, 3.8) is 0 Å². The third-order valence-electron chi connectivity index (χ3n) is 2.78. The minimum Gasteiger partial charge on any atom is -0.387 e. The van der Waals surface area contributed by atoms with Crippen LogP contribution in [0.5, 0.6) is 0 Å². The Balaban J connectivity index is 1.90. The number of nitriles is 1. The van der Waals surface area contributed by atoms with Crippen molar-refractivity contribution in [3.8, 4) is 17.5 Å². The first-order valence-electron chi connectivity index (χ1n) is 5.80. The molecule has 0 bridgehead atoms. The number of hydrogen-bond acceptors (Lipinski definition) is 5. The van der Waals surface area contributed by atoms with E-state index in [1.165, 1.54) is 0 Å². The Morgan fingerprint density at radius 2 is 2.11 bits per heavy atom. The Morgan fingerprint density at radius 3 is 2.79 bits per heavy atom. The van der Waals surface area contributed by atoms with E-state index in [-0.39, 0.29) is 0 Å². The van der Waals surface area contributed by atoms with E-state index >= 15 is 0 Å². The van der Waals surface area contributed by atoms with Crippen molar-refractivity contribution in [3.05, 3.63) is 54.0 Å². The third-order valence-corrected chi connectivity index (χ3v) is 2.78. The van der Waals surface area contributed by atoms with Gasteiger partial charge in [-0.3, -0.25) is 0 Å². The van der Waals surface area contributed by atoms with Gasteiger partial charge in [-0.2, -0.15) is 10.2 Å². The maximum atomic E-state index is 8.75. The third kappa shape index (κ3) is 2.24. The van der Waals surface area contributed by atoms with E-state index in [4.69, 9.17) is 9.78 Å². The van der Waals surface area contributed by atoms with E-state index < -0.39 is 0 Å². The quantitative estimate of drug-likeness (QED) is 0.883. The van der Waals surface area contributed by atoms with Crippen molar-refractivity contribution in [2.45, 2.75) is 0 Å². The Kier molecular flexibility index (Phi) is 2.83. The van der Waals surface area contributed by atoms with Crippen molar-refractivity contribution in [2.75, 3.05) is 6.54 Å². The lowest BCUT2D eigenvalue weighted by molar-refractivity contribution is 0.428. The smallest absolute Gasteiger partial charge is 0.258 e. The topological polar surface area (TPSA) is 74.7 Å². The summed E-state index contributed by atoms with van der Waals surface area (Å²) < 4.78 is 5.24. The number of aromatic nitrogens is 2. The fraction of sp³-hybridized carbons (Fsp3) is 0.0714. The minimum absolute atomic E-state index is 0.454. The lowest BCUT2D eigenvalue weighted by Gasteiger charge is -2.05. The van der Waals surface area contributed by atoms with E-state index in [0.29, 0.717) is 23.8 Å². The van der Waals surface area contributed by atoms with Gasteiger partial charge in [0.05, 0.1) is 11.6 Å². The molecule has 0 fully saturated rings. The molecule has 92 valence electrons. The summed E-state index contributed by atoms with van der Waals surface area (Å²) in [5, 5.41) is 15.8. The molecule has 0 aliphatic carbocycles. The molecule has 2 aromatic rings. The molecule has 3 rings (SSSR count). The molecular weight excluding hydrogens is 240 g/mol. The van der Waals surface area contributed by atoms with Gasteiger partial charge in [0.15, 0.2) is 0 Å². The summed E-state index contributed by atoms with van der Waals surface area (Å²) >= 11 is 0. The molecule has 1 N–H and O–H groups in total. The predicted octanol–water partition coefficient (Wildman–Crippen LogP) is 2.11. The monoisotopic (exact) mass is 250 g/mol. The van der Waals surface area contributed by atoms with E-state index in [2.05, 4.69) is 21.5 Å². The van der Waals surface area contributed by atoms with E-state index in [0.717, 1.165) is 11.1 Å². The van der Waals surface area contributed by atoms with Crippen LogP contribution in [0.1, 0.15) is 11.4 Å². The molecule has 2 heterocycles. The van der Waals surface area contributed by atoms with Crippen molar-refractivity contribution >= 4 is 5.57 Å². The number of dihydropyridines is 1. The van der Waals surface area contributed by atoms with Crippen molar-refractivity contribution in [2.24, 2.45) is 0 Å². The summed E-state index contributed by atoms with van der Waals surface area (Å²) in [7, 11) is 0. The van der Waals surface area contributed by atoms with E-state index in [1.54, 1.807) is 24.3 Å².